The zero-order valence-corrected chi connectivity index (χ0v) is 11.2. The van der Waals surface area contributed by atoms with Crippen LogP contribution in [0.3, 0.4) is 0 Å². The molecule has 2 atom stereocenters. The molecule has 0 saturated carbocycles. The number of hydrogen-bond acceptors (Lipinski definition) is 4. The monoisotopic (exact) mass is 234 g/mol. The Bertz CT molecular complexity index is 381. The van der Waals surface area contributed by atoms with E-state index in [9.17, 15) is 0 Å². The smallest absolute Gasteiger partial charge is 0.134 e. The number of anilines is 2. The van der Waals surface area contributed by atoms with E-state index in [0.717, 1.165) is 17.5 Å². The Balaban J connectivity index is 2.34. The summed E-state index contributed by atoms with van der Waals surface area (Å²) >= 11 is 0. The maximum absolute atomic E-state index is 4.58. The van der Waals surface area contributed by atoms with Crippen molar-refractivity contribution in [1.82, 2.24) is 9.97 Å². The van der Waals surface area contributed by atoms with Crippen LogP contribution in [0.1, 0.15) is 38.9 Å². The van der Waals surface area contributed by atoms with Gasteiger partial charge in [-0.2, -0.15) is 0 Å². The van der Waals surface area contributed by atoms with E-state index < -0.39 is 0 Å². The molecule has 1 saturated heterocycles. The highest BCUT2D eigenvalue weighted by molar-refractivity contribution is 5.50. The van der Waals surface area contributed by atoms with Gasteiger partial charge in [0.05, 0.1) is 0 Å². The molecule has 94 valence electrons. The molecule has 1 fully saturated rings. The van der Waals surface area contributed by atoms with E-state index in [1.807, 2.05) is 20.0 Å². The molecule has 0 amide bonds. The molecule has 0 aliphatic carbocycles. The van der Waals surface area contributed by atoms with Crippen molar-refractivity contribution in [2.24, 2.45) is 0 Å². The van der Waals surface area contributed by atoms with Crippen LogP contribution in [0.5, 0.6) is 0 Å². The summed E-state index contributed by atoms with van der Waals surface area (Å²) in [4.78, 5) is 11.4. The minimum Gasteiger partial charge on any atom is -0.373 e. The predicted octanol–water partition coefficient (Wildman–Crippen LogP) is 2.59. The van der Waals surface area contributed by atoms with Gasteiger partial charge in [0.2, 0.25) is 0 Å². The second-order valence-electron chi connectivity index (χ2n) is 4.94. The molecule has 1 aliphatic heterocycles. The Morgan fingerprint density at radius 1 is 1.24 bits per heavy atom. The summed E-state index contributed by atoms with van der Waals surface area (Å²) in [7, 11) is 1.90. The molecule has 0 bridgehead atoms. The Labute approximate surface area is 103 Å². The maximum atomic E-state index is 4.58. The Morgan fingerprint density at radius 2 is 1.88 bits per heavy atom. The summed E-state index contributed by atoms with van der Waals surface area (Å²) in [5.41, 5.74) is 0. The number of hydrogen-bond donors (Lipinski definition) is 1. The number of nitrogens with one attached hydrogen (secondary N) is 1. The van der Waals surface area contributed by atoms with Gasteiger partial charge < -0.3 is 10.2 Å². The topological polar surface area (TPSA) is 41.0 Å². The number of rotatable bonds is 2. The molecule has 1 aliphatic rings. The molecule has 1 aromatic rings. The maximum Gasteiger partial charge on any atom is 0.134 e. The van der Waals surface area contributed by atoms with Crippen LogP contribution in [-0.2, 0) is 0 Å². The largest absolute Gasteiger partial charge is 0.373 e. The third-order valence-corrected chi connectivity index (χ3v) is 3.54. The second-order valence-corrected chi connectivity index (χ2v) is 4.94. The SMILES string of the molecule is CNc1cc(N2[C@@H](C)CCC[C@@H]2C)nc(C)n1. The molecule has 0 radical (unpaired) electrons. The average Bonchev–Trinajstić information content (AvgIpc) is 2.28. The van der Waals surface area contributed by atoms with E-state index in [1.54, 1.807) is 0 Å². The van der Waals surface area contributed by atoms with Gasteiger partial charge in [-0.25, -0.2) is 9.97 Å². The van der Waals surface area contributed by atoms with Crippen LogP contribution in [0.25, 0.3) is 0 Å². The summed E-state index contributed by atoms with van der Waals surface area (Å²) in [6.07, 6.45) is 3.83. The van der Waals surface area contributed by atoms with Gasteiger partial charge in [-0.3, -0.25) is 0 Å². The lowest BCUT2D eigenvalue weighted by Gasteiger charge is -2.40. The minimum absolute atomic E-state index is 0.567. The molecule has 1 N–H and O–H groups in total. The number of aryl methyl sites for hydroxylation is 1. The van der Waals surface area contributed by atoms with Crippen LogP contribution in [0.4, 0.5) is 11.6 Å². The van der Waals surface area contributed by atoms with E-state index >= 15 is 0 Å². The highest BCUT2D eigenvalue weighted by Gasteiger charge is 2.26. The zero-order valence-electron chi connectivity index (χ0n) is 11.2. The van der Waals surface area contributed by atoms with Crippen molar-refractivity contribution in [2.45, 2.75) is 52.1 Å². The van der Waals surface area contributed by atoms with E-state index in [0.29, 0.717) is 12.1 Å². The van der Waals surface area contributed by atoms with E-state index in [4.69, 9.17) is 0 Å². The van der Waals surface area contributed by atoms with Gasteiger partial charge >= 0.3 is 0 Å². The fraction of sp³-hybridized carbons (Fsp3) is 0.692. The molecule has 2 rings (SSSR count). The third kappa shape index (κ3) is 2.51. The van der Waals surface area contributed by atoms with Crippen LogP contribution in [-0.4, -0.2) is 29.1 Å². The van der Waals surface area contributed by atoms with Crippen LogP contribution >= 0.6 is 0 Å². The van der Waals surface area contributed by atoms with Crippen molar-refractivity contribution in [3.05, 3.63) is 11.9 Å². The van der Waals surface area contributed by atoms with Crippen molar-refractivity contribution in [3.8, 4) is 0 Å². The first-order chi connectivity index (χ1) is 8.11. The molecular formula is C13H22N4. The first-order valence-electron chi connectivity index (χ1n) is 6.43. The fourth-order valence-electron chi connectivity index (χ4n) is 2.69. The molecule has 17 heavy (non-hydrogen) atoms. The number of aromatic nitrogens is 2. The summed E-state index contributed by atoms with van der Waals surface area (Å²) in [5, 5.41) is 3.10. The predicted molar refractivity (Wildman–Crippen MR) is 71.6 cm³/mol. The van der Waals surface area contributed by atoms with Gasteiger partial charge in [0, 0.05) is 25.2 Å². The summed E-state index contributed by atoms with van der Waals surface area (Å²) in [6, 6.07) is 3.18. The Kier molecular flexibility index (Phi) is 3.50. The highest BCUT2D eigenvalue weighted by atomic mass is 15.2. The average molecular weight is 234 g/mol. The van der Waals surface area contributed by atoms with Gasteiger partial charge in [0.15, 0.2) is 0 Å². The summed E-state index contributed by atoms with van der Waals surface area (Å²) < 4.78 is 0. The molecular weight excluding hydrogens is 212 g/mol. The molecule has 4 heteroatoms. The first-order valence-corrected chi connectivity index (χ1v) is 6.43. The minimum atomic E-state index is 0.567. The van der Waals surface area contributed by atoms with Crippen molar-refractivity contribution in [3.63, 3.8) is 0 Å². The van der Waals surface area contributed by atoms with E-state index in [-0.39, 0.29) is 0 Å². The Morgan fingerprint density at radius 3 is 2.47 bits per heavy atom. The molecule has 4 nitrogen and oxygen atoms in total. The van der Waals surface area contributed by atoms with Crippen molar-refractivity contribution >= 4 is 11.6 Å². The zero-order chi connectivity index (χ0) is 12.4. The van der Waals surface area contributed by atoms with Gasteiger partial charge in [0.1, 0.15) is 17.5 Å². The van der Waals surface area contributed by atoms with Gasteiger partial charge in [-0.15, -0.1) is 0 Å². The molecule has 2 heterocycles. The van der Waals surface area contributed by atoms with Crippen molar-refractivity contribution in [1.29, 1.82) is 0 Å². The van der Waals surface area contributed by atoms with E-state index in [1.165, 1.54) is 19.3 Å². The third-order valence-electron chi connectivity index (χ3n) is 3.54. The molecule has 0 spiro atoms. The lowest BCUT2D eigenvalue weighted by atomic mass is 9.97. The summed E-state index contributed by atoms with van der Waals surface area (Å²) in [5.74, 6) is 2.79. The standard InChI is InChI=1S/C13H22N4/c1-9-6-5-7-10(2)17(9)13-8-12(14-4)15-11(3)16-13/h8-10H,5-7H2,1-4H3,(H,14,15,16)/t9-,10-/m0/s1. The normalized spacial score (nSPS) is 24.8. The van der Waals surface area contributed by atoms with Gasteiger partial charge in [-0.1, -0.05) is 0 Å². The van der Waals surface area contributed by atoms with Gasteiger partial charge in [-0.05, 0) is 40.0 Å². The van der Waals surface area contributed by atoms with Crippen LogP contribution in [0.15, 0.2) is 6.07 Å². The van der Waals surface area contributed by atoms with E-state index in [2.05, 4.69) is 34.0 Å². The molecule has 0 aromatic carbocycles. The van der Waals surface area contributed by atoms with Crippen LogP contribution in [0, 0.1) is 6.92 Å². The second kappa shape index (κ2) is 4.90. The summed E-state index contributed by atoms with van der Waals surface area (Å²) in [6.45, 7) is 6.52. The first kappa shape index (κ1) is 12.1. The lowest BCUT2D eigenvalue weighted by molar-refractivity contribution is 0.411. The van der Waals surface area contributed by atoms with Crippen LogP contribution < -0.4 is 10.2 Å². The number of nitrogens with zero attached hydrogens (tertiary/aromatic N) is 3. The molecule has 1 aromatic heterocycles. The van der Waals surface area contributed by atoms with Crippen molar-refractivity contribution in [2.75, 3.05) is 17.3 Å². The quantitative estimate of drug-likeness (QED) is 0.854. The van der Waals surface area contributed by atoms with Crippen LogP contribution in [0.2, 0.25) is 0 Å². The Hall–Kier alpha value is -1.32. The van der Waals surface area contributed by atoms with Crippen molar-refractivity contribution < 1.29 is 0 Å². The lowest BCUT2D eigenvalue weighted by Crippen LogP contribution is -2.44. The van der Waals surface area contributed by atoms with Gasteiger partial charge in [0.25, 0.3) is 0 Å². The fourth-order valence-corrected chi connectivity index (χ4v) is 2.69. The molecule has 0 unspecified atom stereocenters. The highest BCUT2D eigenvalue weighted by Crippen LogP contribution is 2.28. The number of piperidine rings is 1.